The Hall–Kier alpha value is -2.55. The molecule has 2 fully saturated rings. The predicted molar refractivity (Wildman–Crippen MR) is 130 cm³/mol. The van der Waals surface area contributed by atoms with Crippen LogP contribution < -0.4 is 15.0 Å². The summed E-state index contributed by atoms with van der Waals surface area (Å²) in [7, 11) is 1.70. The Balaban J connectivity index is 1.20. The number of anilines is 1. The second-order valence-corrected chi connectivity index (χ2v) is 9.50. The van der Waals surface area contributed by atoms with E-state index in [1.165, 1.54) is 22.4 Å². The molecule has 8 heteroatoms. The van der Waals surface area contributed by atoms with Crippen molar-refractivity contribution in [1.29, 1.82) is 0 Å². The largest absolute Gasteiger partial charge is 0.497 e. The van der Waals surface area contributed by atoms with Gasteiger partial charge in [-0.2, -0.15) is 12.6 Å². The first kappa shape index (κ1) is 22.3. The standard InChI is InChI=1S/C25H30N4O3S/c1-32-20-4-2-3-19(14-20)28-11-9-27(10-12-28)15-17-5-6-18-16-29(25(33)21(18)13-17)22-7-8-23(30)26-24(22)31/h2-6,13-14,22,25,33H,7-12,15-16H2,1H3,(H,26,30,31). The number of hydrogen-bond acceptors (Lipinski definition) is 7. The second-order valence-electron chi connectivity index (χ2n) is 9.01. The van der Waals surface area contributed by atoms with E-state index in [-0.39, 0.29) is 23.2 Å². The van der Waals surface area contributed by atoms with Crippen molar-refractivity contribution in [2.45, 2.75) is 37.3 Å². The Morgan fingerprint density at radius 1 is 1.09 bits per heavy atom. The maximum atomic E-state index is 12.4. The Morgan fingerprint density at radius 2 is 1.91 bits per heavy atom. The molecule has 0 radical (unpaired) electrons. The van der Waals surface area contributed by atoms with Crippen LogP contribution in [0.1, 0.15) is 34.9 Å². The average Bonchev–Trinajstić information content (AvgIpc) is 3.15. The van der Waals surface area contributed by atoms with Gasteiger partial charge in [0.1, 0.15) is 5.75 Å². The summed E-state index contributed by atoms with van der Waals surface area (Å²) in [6, 6.07) is 14.6. The third kappa shape index (κ3) is 4.60. The fourth-order valence-electron chi connectivity index (χ4n) is 5.10. The number of rotatable bonds is 5. The fourth-order valence-corrected chi connectivity index (χ4v) is 5.58. The number of imide groups is 1. The number of carbonyl (C=O) groups excluding carboxylic acids is 2. The van der Waals surface area contributed by atoms with E-state index in [4.69, 9.17) is 17.4 Å². The van der Waals surface area contributed by atoms with Crippen molar-refractivity contribution in [3.05, 3.63) is 59.2 Å². The Morgan fingerprint density at radius 3 is 2.67 bits per heavy atom. The number of methoxy groups -OCH3 is 1. The molecule has 5 rings (SSSR count). The second kappa shape index (κ2) is 9.37. The minimum Gasteiger partial charge on any atom is -0.497 e. The summed E-state index contributed by atoms with van der Waals surface area (Å²) >= 11 is 4.85. The molecule has 0 saturated carbocycles. The van der Waals surface area contributed by atoms with E-state index >= 15 is 0 Å². The highest BCUT2D eigenvalue weighted by Gasteiger charge is 2.39. The first-order valence-electron chi connectivity index (χ1n) is 11.5. The van der Waals surface area contributed by atoms with Crippen molar-refractivity contribution in [3.63, 3.8) is 0 Å². The number of piperazine rings is 1. The molecule has 2 atom stereocenters. The zero-order valence-electron chi connectivity index (χ0n) is 18.9. The van der Waals surface area contributed by atoms with Crippen LogP contribution >= 0.6 is 12.6 Å². The summed E-state index contributed by atoms with van der Waals surface area (Å²) in [6.07, 6.45) is 0.941. The summed E-state index contributed by atoms with van der Waals surface area (Å²) in [5.41, 5.74) is 4.87. The van der Waals surface area contributed by atoms with Crippen LogP contribution in [0.4, 0.5) is 5.69 Å². The topological polar surface area (TPSA) is 65.1 Å². The van der Waals surface area contributed by atoms with Crippen LogP contribution in [0.5, 0.6) is 5.75 Å². The number of thiol groups is 1. The number of amides is 2. The summed E-state index contributed by atoms with van der Waals surface area (Å²) in [5, 5.41) is 2.34. The molecule has 2 unspecified atom stereocenters. The van der Waals surface area contributed by atoms with Crippen LogP contribution in [-0.2, 0) is 22.7 Å². The molecular formula is C25H30N4O3S. The lowest BCUT2D eigenvalue weighted by Gasteiger charge is -2.36. The summed E-state index contributed by atoms with van der Waals surface area (Å²) in [4.78, 5) is 30.9. The smallest absolute Gasteiger partial charge is 0.243 e. The number of carbonyl (C=O) groups is 2. The minimum atomic E-state index is -0.300. The van der Waals surface area contributed by atoms with Gasteiger partial charge >= 0.3 is 0 Å². The van der Waals surface area contributed by atoms with Crippen molar-refractivity contribution in [2.75, 3.05) is 38.2 Å². The number of nitrogens with one attached hydrogen (secondary N) is 1. The zero-order chi connectivity index (χ0) is 22.9. The Labute approximate surface area is 200 Å². The third-order valence-corrected chi connectivity index (χ3v) is 7.54. The van der Waals surface area contributed by atoms with Gasteiger partial charge in [-0.1, -0.05) is 24.3 Å². The van der Waals surface area contributed by atoms with Gasteiger partial charge in [-0.15, -0.1) is 0 Å². The highest BCUT2D eigenvalue weighted by Crippen LogP contribution is 2.39. The molecule has 2 aromatic rings. The number of piperidine rings is 1. The number of ether oxygens (including phenoxy) is 1. The normalized spacial score (nSPS) is 24.0. The summed E-state index contributed by atoms with van der Waals surface area (Å²) in [6.45, 7) is 5.56. The van der Waals surface area contributed by atoms with E-state index in [0.717, 1.165) is 38.5 Å². The number of benzene rings is 2. The molecule has 7 nitrogen and oxygen atoms in total. The van der Waals surface area contributed by atoms with E-state index in [9.17, 15) is 9.59 Å². The first-order chi connectivity index (χ1) is 16.0. The van der Waals surface area contributed by atoms with Gasteiger partial charge in [-0.25, -0.2) is 0 Å². The van der Waals surface area contributed by atoms with Crippen molar-refractivity contribution < 1.29 is 14.3 Å². The lowest BCUT2D eigenvalue weighted by Crippen LogP contribution is -2.51. The maximum absolute atomic E-state index is 12.4. The highest BCUT2D eigenvalue weighted by atomic mass is 32.1. The number of nitrogens with zero attached hydrogens (tertiary/aromatic N) is 3. The first-order valence-corrected chi connectivity index (χ1v) is 12.0. The third-order valence-electron chi connectivity index (χ3n) is 6.96. The summed E-state index contributed by atoms with van der Waals surface area (Å²) < 4.78 is 5.36. The number of fused-ring (bicyclic) bond motifs is 1. The molecule has 2 amide bonds. The Bertz CT molecular complexity index is 1050. The minimum absolute atomic E-state index is 0.131. The van der Waals surface area contributed by atoms with Crippen molar-refractivity contribution in [2.24, 2.45) is 0 Å². The molecule has 3 aliphatic heterocycles. The van der Waals surface area contributed by atoms with Gasteiger partial charge in [0.25, 0.3) is 0 Å². The lowest BCUT2D eigenvalue weighted by atomic mass is 10.0. The molecule has 33 heavy (non-hydrogen) atoms. The van der Waals surface area contributed by atoms with Crippen LogP contribution in [0.15, 0.2) is 42.5 Å². The van der Waals surface area contributed by atoms with Crippen LogP contribution in [-0.4, -0.2) is 60.9 Å². The quantitative estimate of drug-likeness (QED) is 0.522. The van der Waals surface area contributed by atoms with Gasteiger partial charge in [0, 0.05) is 57.4 Å². The van der Waals surface area contributed by atoms with E-state index in [1.54, 1.807) is 7.11 Å². The van der Waals surface area contributed by atoms with Gasteiger partial charge in [-0.3, -0.25) is 24.7 Å². The Kier molecular flexibility index (Phi) is 6.32. The highest BCUT2D eigenvalue weighted by molar-refractivity contribution is 7.80. The van der Waals surface area contributed by atoms with Gasteiger partial charge in [-0.05, 0) is 35.2 Å². The average molecular weight is 467 g/mol. The van der Waals surface area contributed by atoms with Crippen molar-refractivity contribution >= 4 is 30.1 Å². The molecule has 2 aromatic carbocycles. The predicted octanol–water partition coefficient (Wildman–Crippen LogP) is 2.57. The zero-order valence-corrected chi connectivity index (χ0v) is 19.8. The van der Waals surface area contributed by atoms with Crippen molar-refractivity contribution in [3.8, 4) is 5.75 Å². The summed E-state index contributed by atoms with van der Waals surface area (Å²) in [5.74, 6) is 0.505. The van der Waals surface area contributed by atoms with E-state index < -0.39 is 0 Å². The molecule has 2 saturated heterocycles. The lowest BCUT2D eigenvalue weighted by molar-refractivity contribution is -0.137. The molecule has 3 aliphatic rings. The number of hydrogen-bond donors (Lipinski definition) is 2. The molecule has 1 N–H and O–H groups in total. The fraction of sp³-hybridized carbons (Fsp3) is 0.440. The maximum Gasteiger partial charge on any atom is 0.243 e. The van der Waals surface area contributed by atoms with Gasteiger partial charge in [0.05, 0.1) is 18.5 Å². The van der Waals surface area contributed by atoms with E-state index in [1.807, 2.05) is 12.1 Å². The molecule has 0 bridgehead atoms. The molecule has 0 spiro atoms. The molecule has 3 heterocycles. The van der Waals surface area contributed by atoms with Crippen LogP contribution in [0.2, 0.25) is 0 Å². The van der Waals surface area contributed by atoms with E-state index in [2.05, 4.69) is 50.3 Å². The van der Waals surface area contributed by atoms with Crippen molar-refractivity contribution in [1.82, 2.24) is 15.1 Å². The van der Waals surface area contributed by atoms with Gasteiger partial charge < -0.3 is 9.64 Å². The van der Waals surface area contributed by atoms with Crippen LogP contribution in [0.3, 0.4) is 0 Å². The SMILES string of the molecule is COc1cccc(N2CCN(Cc3ccc4c(c3)C(S)N(C3CCC(=O)NC3=O)C4)CC2)c1. The molecule has 174 valence electrons. The van der Waals surface area contributed by atoms with Crippen LogP contribution in [0, 0.1) is 0 Å². The van der Waals surface area contributed by atoms with Gasteiger partial charge in [0.15, 0.2) is 0 Å². The van der Waals surface area contributed by atoms with Crippen LogP contribution in [0.25, 0.3) is 0 Å². The monoisotopic (exact) mass is 466 g/mol. The molecule has 0 aliphatic carbocycles. The van der Waals surface area contributed by atoms with Gasteiger partial charge in [0.2, 0.25) is 11.8 Å². The van der Waals surface area contributed by atoms with E-state index in [0.29, 0.717) is 19.4 Å². The molecular weight excluding hydrogens is 436 g/mol. The molecule has 0 aromatic heterocycles.